The number of rotatable bonds is 6. The van der Waals surface area contributed by atoms with Crippen LogP contribution in [-0.4, -0.2) is 37.1 Å². The fourth-order valence-electron chi connectivity index (χ4n) is 3.71. The summed E-state index contributed by atoms with van der Waals surface area (Å²) in [5, 5.41) is 3.64. The van der Waals surface area contributed by atoms with Crippen molar-refractivity contribution in [1.82, 2.24) is 10.2 Å². The fraction of sp³-hybridized carbons (Fsp3) is 0.667. The summed E-state index contributed by atoms with van der Waals surface area (Å²) in [6.07, 6.45) is 4.04. The second-order valence-corrected chi connectivity index (χ2v) is 6.94. The number of likely N-dealkylation sites (tertiary alicyclic amines) is 1. The number of hydrogen-bond acceptors (Lipinski definition) is 2. The quantitative estimate of drug-likeness (QED) is 0.856. The highest BCUT2D eigenvalue weighted by Crippen LogP contribution is 2.36. The van der Waals surface area contributed by atoms with Gasteiger partial charge in [0.05, 0.1) is 0 Å². The van der Waals surface area contributed by atoms with Crippen molar-refractivity contribution in [1.29, 1.82) is 0 Å². The van der Waals surface area contributed by atoms with Gasteiger partial charge < -0.3 is 5.32 Å². The summed E-state index contributed by atoms with van der Waals surface area (Å²) in [6, 6.07) is 9.74. The number of nitrogens with one attached hydrogen (secondary N) is 1. The lowest BCUT2D eigenvalue weighted by atomic mass is 9.77. The van der Waals surface area contributed by atoms with Crippen molar-refractivity contribution in [2.75, 3.05) is 26.2 Å². The third kappa shape index (κ3) is 3.07. The molecule has 2 unspecified atom stereocenters. The number of fused-ring (bicyclic) bond motifs is 1. The molecule has 1 heterocycles. The molecule has 0 radical (unpaired) electrons. The van der Waals surface area contributed by atoms with Crippen LogP contribution in [-0.2, 0) is 6.42 Å². The molecule has 0 aromatic heterocycles. The van der Waals surface area contributed by atoms with Gasteiger partial charge in [-0.2, -0.15) is 0 Å². The Bertz CT molecular complexity index is 441. The molecule has 110 valence electrons. The van der Waals surface area contributed by atoms with Crippen LogP contribution in [0.1, 0.15) is 43.7 Å². The van der Waals surface area contributed by atoms with Gasteiger partial charge in [0, 0.05) is 25.0 Å². The molecule has 1 saturated heterocycles. The fourth-order valence-corrected chi connectivity index (χ4v) is 3.71. The minimum absolute atomic E-state index is 0.753. The van der Waals surface area contributed by atoms with E-state index in [-0.39, 0.29) is 0 Å². The molecule has 20 heavy (non-hydrogen) atoms. The van der Waals surface area contributed by atoms with Crippen LogP contribution in [0, 0.1) is 5.92 Å². The van der Waals surface area contributed by atoms with E-state index < -0.39 is 0 Å². The van der Waals surface area contributed by atoms with Gasteiger partial charge in [-0.15, -0.1) is 0 Å². The van der Waals surface area contributed by atoms with Crippen LogP contribution in [0.4, 0.5) is 0 Å². The Balaban J connectivity index is 1.50. The van der Waals surface area contributed by atoms with Crippen LogP contribution in [0.15, 0.2) is 24.3 Å². The SMILES string of the molecule is CC(C)CNCC1CCCN1CC1Cc2ccccc21. The largest absolute Gasteiger partial charge is 0.315 e. The van der Waals surface area contributed by atoms with E-state index >= 15 is 0 Å². The second kappa shape index (κ2) is 6.28. The maximum Gasteiger partial charge on any atom is 0.0221 e. The van der Waals surface area contributed by atoms with Crippen LogP contribution in [0.25, 0.3) is 0 Å². The van der Waals surface area contributed by atoms with E-state index in [0.29, 0.717) is 0 Å². The Kier molecular flexibility index (Phi) is 4.42. The predicted octanol–water partition coefficient (Wildman–Crippen LogP) is 3.04. The minimum Gasteiger partial charge on any atom is -0.315 e. The zero-order chi connectivity index (χ0) is 13.9. The van der Waals surface area contributed by atoms with Crippen LogP contribution < -0.4 is 5.32 Å². The van der Waals surface area contributed by atoms with Gasteiger partial charge in [0.1, 0.15) is 0 Å². The van der Waals surface area contributed by atoms with Crippen molar-refractivity contribution in [2.24, 2.45) is 5.92 Å². The molecule has 0 amide bonds. The highest BCUT2D eigenvalue weighted by Gasteiger charge is 2.31. The van der Waals surface area contributed by atoms with Gasteiger partial charge in [-0.25, -0.2) is 0 Å². The zero-order valence-electron chi connectivity index (χ0n) is 12.9. The van der Waals surface area contributed by atoms with Gasteiger partial charge in [-0.1, -0.05) is 38.1 Å². The lowest BCUT2D eigenvalue weighted by Crippen LogP contribution is -2.42. The molecular formula is C18H28N2. The molecule has 0 spiro atoms. The Labute approximate surface area is 123 Å². The molecule has 1 aliphatic heterocycles. The van der Waals surface area contributed by atoms with Crippen LogP contribution in [0.5, 0.6) is 0 Å². The van der Waals surface area contributed by atoms with Crippen molar-refractivity contribution >= 4 is 0 Å². The van der Waals surface area contributed by atoms with Gasteiger partial charge in [0.2, 0.25) is 0 Å². The van der Waals surface area contributed by atoms with Gasteiger partial charge in [0.15, 0.2) is 0 Å². The molecule has 2 aliphatic rings. The summed E-state index contributed by atoms with van der Waals surface area (Å²) >= 11 is 0. The van der Waals surface area contributed by atoms with E-state index in [0.717, 1.165) is 24.4 Å². The molecule has 1 fully saturated rings. The van der Waals surface area contributed by atoms with Gasteiger partial charge in [-0.3, -0.25) is 4.90 Å². The first-order chi connectivity index (χ1) is 9.74. The van der Waals surface area contributed by atoms with Crippen molar-refractivity contribution in [3.05, 3.63) is 35.4 Å². The summed E-state index contributed by atoms with van der Waals surface area (Å²) < 4.78 is 0. The summed E-state index contributed by atoms with van der Waals surface area (Å²) in [4.78, 5) is 2.73. The summed E-state index contributed by atoms with van der Waals surface area (Å²) in [5.41, 5.74) is 3.18. The van der Waals surface area contributed by atoms with E-state index in [1.807, 2.05) is 0 Å². The van der Waals surface area contributed by atoms with E-state index in [2.05, 4.69) is 48.3 Å². The maximum absolute atomic E-state index is 3.64. The normalized spacial score (nSPS) is 25.8. The first-order valence-corrected chi connectivity index (χ1v) is 8.26. The number of hydrogen-bond donors (Lipinski definition) is 1. The molecule has 1 aromatic rings. The van der Waals surface area contributed by atoms with E-state index in [4.69, 9.17) is 0 Å². The smallest absolute Gasteiger partial charge is 0.0221 e. The number of benzene rings is 1. The lowest BCUT2D eigenvalue weighted by Gasteiger charge is -2.35. The topological polar surface area (TPSA) is 15.3 Å². The minimum atomic E-state index is 0.753. The summed E-state index contributed by atoms with van der Waals surface area (Å²) in [5.74, 6) is 1.54. The van der Waals surface area contributed by atoms with Crippen LogP contribution in [0.2, 0.25) is 0 Å². The molecule has 2 atom stereocenters. The maximum atomic E-state index is 3.64. The molecular weight excluding hydrogens is 244 g/mol. The van der Waals surface area contributed by atoms with Gasteiger partial charge in [0.25, 0.3) is 0 Å². The van der Waals surface area contributed by atoms with Crippen LogP contribution in [0.3, 0.4) is 0 Å². The molecule has 2 heteroatoms. The molecule has 3 rings (SSSR count). The van der Waals surface area contributed by atoms with Crippen molar-refractivity contribution < 1.29 is 0 Å². The highest BCUT2D eigenvalue weighted by molar-refractivity contribution is 5.40. The van der Waals surface area contributed by atoms with Crippen molar-refractivity contribution in [2.45, 2.75) is 45.1 Å². The third-order valence-corrected chi connectivity index (χ3v) is 4.85. The Morgan fingerprint density at radius 1 is 1.30 bits per heavy atom. The second-order valence-electron chi connectivity index (χ2n) is 6.94. The first kappa shape index (κ1) is 14.1. The molecule has 1 aliphatic carbocycles. The summed E-state index contributed by atoms with van der Waals surface area (Å²) in [7, 11) is 0. The average molecular weight is 272 g/mol. The molecule has 1 N–H and O–H groups in total. The predicted molar refractivity (Wildman–Crippen MR) is 85.2 cm³/mol. The molecule has 0 bridgehead atoms. The monoisotopic (exact) mass is 272 g/mol. The Hall–Kier alpha value is -0.860. The highest BCUT2D eigenvalue weighted by atomic mass is 15.2. The van der Waals surface area contributed by atoms with E-state index in [1.54, 1.807) is 11.1 Å². The Morgan fingerprint density at radius 2 is 2.15 bits per heavy atom. The zero-order valence-corrected chi connectivity index (χ0v) is 12.9. The lowest BCUT2D eigenvalue weighted by molar-refractivity contribution is 0.224. The van der Waals surface area contributed by atoms with Gasteiger partial charge >= 0.3 is 0 Å². The summed E-state index contributed by atoms with van der Waals surface area (Å²) in [6.45, 7) is 9.45. The Morgan fingerprint density at radius 3 is 2.95 bits per heavy atom. The standard InChI is InChI=1S/C18H28N2/c1-14(2)11-19-12-17-7-5-9-20(17)13-16-10-15-6-3-4-8-18(15)16/h3-4,6,8,14,16-17,19H,5,7,9-13H2,1-2H3. The van der Waals surface area contributed by atoms with Gasteiger partial charge in [-0.05, 0) is 49.4 Å². The van der Waals surface area contributed by atoms with Crippen LogP contribution >= 0.6 is 0 Å². The van der Waals surface area contributed by atoms with E-state index in [1.165, 1.54) is 38.9 Å². The van der Waals surface area contributed by atoms with Crippen molar-refractivity contribution in [3.8, 4) is 0 Å². The third-order valence-electron chi connectivity index (χ3n) is 4.85. The molecule has 1 aromatic carbocycles. The molecule has 0 saturated carbocycles. The first-order valence-electron chi connectivity index (χ1n) is 8.26. The van der Waals surface area contributed by atoms with Crippen molar-refractivity contribution in [3.63, 3.8) is 0 Å². The molecule has 2 nitrogen and oxygen atoms in total. The average Bonchev–Trinajstić information content (AvgIpc) is 2.83. The van der Waals surface area contributed by atoms with E-state index in [9.17, 15) is 0 Å². The number of nitrogens with zero attached hydrogens (tertiary/aromatic N) is 1.